The van der Waals surface area contributed by atoms with Gasteiger partial charge in [-0.25, -0.2) is 0 Å². The summed E-state index contributed by atoms with van der Waals surface area (Å²) < 4.78 is 6.83. The van der Waals surface area contributed by atoms with Gasteiger partial charge in [-0.2, -0.15) is 5.10 Å². The van der Waals surface area contributed by atoms with Gasteiger partial charge < -0.3 is 15.2 Å². The lowest BCUT2D eigenvalue weighted by molar-refractivity contribution is 0.101. The summed E-state index contributed by atoms with van der Waals surface area (Å²) in [6.45, 7) is 2.39. The van der Waals surface area contributed by atoms with Crippen molar-refractivity contribution in [1.82, 2.24) is 14.9 Å². The number of para-hydroxylation sites is 1. The maximum atomic E-state index is 12.8. The molecule has 8 nitrogen and oxygen atoms in total. The average Bonchev–Trinajstić information content (AvgIpc) is 3.42. The molecule has 2 N–H and O–H groups in total. The Morgan fingerprint density at radius 2 is 1.81 bits per heavy atom. The Balaban J connectivity index is 1.55. The monoisotopic (exact) mass is 469 g/mol. The predicted octanol–water partition coefficient (Wildman–Crippen LogP) is 5.37. The number of hydrogen-bond donors (Lipinski definition) is 2. The van der Waals surface area contributed by atoms with Crippen LogP contribution >= 0.6 is 23.2 Å². The highest BCUT2D eigenvalue weighted by Crippen LogP contribution is 2.31. The van der Waals surface area contributed by atoms with Gasteiger partial charge in [0.1, 0.15) is 0 Å². The third-order valence-corrected chi connectivity index (χ3v) is 5.07. The Labute approximate surface area is 193 Å². The van der Waals surface area contributed by atoms with Crippen LogP contribution in [-0.4, -0.2) is 26.8 Å². The van der Waals surface area contributed by atoms with Gasteiger partial charge in [-0.1, -0.05) is 46.6 Å². The first kappa shape index (κ1) is 21.6. The van der Waals surface area contributed by atoms with Crippen LogP contribution in [-0.2, 0) is 6.54 Å². The van der Waals surface area contributed by atoms with Crippen LogP contribution in [0.3, 0.4) is 0 Å². The van der Waals surface area contributed by atoms with Crippen LogP contribution in [0.1, 0.15) is 27.9 Å². The first-order valence-electron chi connectivity index (χ1n) is 9.62. The van der Waals surface area contributed by atoms with E-state index >= 15 is 0 Å². The minimum Gasteiger partial charge on any atom is -0.355 e. The number of amides is 2. The molecule has 2 heterocycles. The van der Waals surface area contributed by atoms with Crippen molar-refractivity contribution in [1.29, 1.82) is 0 Å². The minimum absolute atomic E-state index is 0.0182. The summed E-state index contributed by atoms with van der Waals surface area (Å²) in [5, 5.41) is 14.4. The van der Waals surface area contributed by atoms with Gasteiger partial charge >= 0.3 is 0 Å². The molecule has 4 rings (SSSR count). The molecule has 0 aliphatic rings. The summed E-state index contributed by atoms with van der Waals surface area (Å²) in [7, 11) is 0. The van der Waals surface area contributed by atoms with E-state index in [1.807, 2.05) is 13.0 Å². The number of nitrogens with one attached hydrogen (secondary N) is 2. The van der Waals surface area contributed by atoms with E-state index in [2.05, 4.69) is 20.9 Å². The van der Waals surface area contributed by atoms with Crippen molar-refractivity contribution >= 4 is 46.4 Å². The van der Waals surface area contributed by atoms with E-state index in [0.29, 0.717) is 33.6 Å². The van der Waals surface area contributed by atoms with E-state index in [9.17, 15) is 9.59 Å². The van der Waals surface area contributed by atoms with E-state index in [-0.39, 0.29) is 17.1 Å². The lowest BCUT2D eigenvalue weighted by Crippen LogP contribution is -2.18. The van der Waals surface area contributed by atoms with Crippen LogP contribution in [0.5, 0.6) is 0 Å². The Hall–Kier alpha value is -3.62. The number of hydrogen-bond acceptors (Lipinski definition) is 5. The average molecular weight is 470 g/mol. The molecule has 2 amide bonds. The number of carbonyl (C=O) groups is 2. The molecule has 0 saturated heterocycles. The number of halogens is 2. The molecular formula is C22H17Cl2N5O3. The molecular weight excluding hydrogens is 453 g/mol. The second-order valence-electron chi connectivity index (χ2n) is 6.72. The zero-order chi connectivity index (χ0) is 22.7. The number of carbonyl (C=O) groups excluding carboxylic acids is 2. The molecule has 0 fully saturated rings. The minimum atomic E-state index is -0.561. The fourth-order valence-electron chi connectivity index (χ4n) is 2.94. The Bertz CT molecular complexity index is 1280. The molecule has 0 atom stereocenters. The topological polar surface area (TPSA) is 102 Å². The van der Waals surface area contributed by atoms with Crippen LogP contribution in [0.15, 0.2) is 65.3 Å². The van der Waals surface area contributed by atoms with Crippen molar-refractivity contribution in [3.8, 4) is 11.3 Å². The van der Waals surface area contributed by atoms with Crippen molar-refractivity contribution < 1.29 is 14.1 Å². The molecule has 0 spiro atoms. The summed E-state index contributed by atoms with van der Waals surface area (Å²) in [6.07, 6.45) is 1.58. The molecule has 0 bridgehead atoms. The van der Waals surface area contributed by atoms with Gasteiger partial charge in [0.05, 0.1) is 10.7 Å². The van der Waals surface area contributed by atoms with E-state index in [0.717, 1.165) is 0 Å². The fourth-order valence-corrected chi connectivity index (χ4v) is 3.44. The first-order valence-corrected chi connectivity index (χ1v) is 10.4. The third kappa shape index (κ3) is 4.66. The summed E-state index contributed by atoms with van der Waals surface area (Å²) >= 11 is 12.1. The predicted molar refractivity (Wildman–Crippen MR) is 122 cm³/mol. The molecule has 2 aromatic carbocycles. The standard InChI is InChI=1S/C22H17Cl2N5O3/c1-2-29-12-18(20(27-29)22(31)25-14-6-4-3-5-7-14)26-21(30)17-11-19(32-28-17)15-9-8-13(23)10-16(15)24/h3-12H,2H2,1H3,(H,25,31)(H,26,30). The SMILES string of the molecule is CCn1cc(NC(=O)c2cc(-c3ccc(Cl)cc3Cl)on2)c(C(=O)Nc2ccccc2)n1. The second-order valence-corrected chi connectivity index (χ2v) is 7.57. The van der Waals surface area contributed by atoms with Crippen LogP contribution in [0.4, 0.5) is 11.4 Å². The Morgan fingerprint density at radius 3 is 2.53 bits per heavy atom. The molecule has 2 aromatic heterocycles. The molecule has 0 aliphatic heterocycles. The summed E-state index contributed by atoms with van der Waals surface area (Å²) in [4.78, 5) is 25.5. The van der Waals surface area contributed by atoms with Gasteiger partial charge in [-0.15, -0.1) is 0 Å². The molecule has 10 heteroatoms. The maximum Gasteiger partial charge on any atom is 0.278 e. The van der Waals surface area contributed by atoms with Crippen LogP contribution in [0.25, 0.3) is 11.3 Å². The molecule has 162 valence electrons. The Kier molecular flexibility index (Phi) is 6.25. The van der Waals surface area contributed by atoms with Gasteiger partial charge in [0.15, 0.2) is 17.1 Å². The highest BCUT2D eigenvalue weighted by atomic mass is 35.5. The first-order chi connectivity index (χ1) is 15.4. The zero-order valence-electron chi connectivity index (χ0n) is 16.8. The highest BCUT2D eigenvalue weighted by molar-refractivity contribution is 6.36. The zero-order valence-corrected chi connectivity index (χ0v) is 18.3. The van der Waals surface area contributed by atoms with E-state index in [1.54, 1.807) is 53.3 Å². The molecule has 0 unspecified atom stereocenters. The molecule has 0 radical (unpaired) electrons. The summed E-state index contributed by atoms with van der Waals surface area (Å²) in [5.41, 5.74) is 1.50. The molecule has 0 aliphatic carbocycles. The second kappa shape index (κ2) is 9.25. The molecule has 32 heavy (non-hydrogen) atoms. The van der Waals surface area contributed by atoms with Crippen LogP contribution < -0.4 is 10.6 Å². The van der Waals surface area contributed by atoms with Crippen molar-refractivity contribution in [2.75, 3.05) is 10.6 Å². The van der Waals surface area contributed by atoms with E-state index in [1.165, 1.54) is 6.07 Å². The van der Waals surface area contributed by atoms with Crippen LogP contribution in [0, 0.1) is 0 Å². The summed E-state index contributed by atoms with van der Waals surface area (Å²) in [6, 6.07) is 15.3. The number of aryl methyl sites for hydroxylation is 1. The van der Waals surface area contributed by atoms with Gasteiger partial charge in [-0.3, -0.25) is 14.3 Å². The van der Waals surface area contributed by atoms with E-state index in [4.69, 9.17) is 27.7 Å². The van der Waals surface area contributed by atoms with E-state index < -0.39 is 11.8 Å². The fraction of sp³-hybridized carbons (Fsp3) is 0.0909. The molecule has 4 aromatic rings. The lowest BCUT2D eigenvalue weighted by atomic mass is 10.1. The lowest BCUT2D eigenvalue weighted by Gasteiger charge is -2.05. The largest absolute Gasteiger partial charge is 0.355 e. The number of benzene rings is 2. The van der Waals surface area contributed by atoms with Crippen molar-refractivity contribution in [2.45, 2.75) is 13.5 Å². The van der Waals surface area contributed by atoms with Gasteiger partial charge in [0.2, 0.25) is 0 Å². The highest BCUT2D eigenvalue weighted by Gasteiger charge is 2.22. The van der Waals surface area contributed by atoms with Crippen molar-refractivity contribution in [3.63, 3.8) is 0 Å². The van der Waals surface area contributed by atoms with Crippen LogP contribution in [0.2, 0.25) is 10.0 Å². The van der Waals surface area contributed by atoms with Crippen molar-refractivity contribution in [3.05, 3.63) is 82.2 Å². The normalized spacial score (nSPS) is 10.7. The van der Waals surface area contributed by atoms with Gasteiger partial charge in [0, 0.05) is 35.1 Å². The van der Waals surface area contributed by atoms with Crippen molar-refractivity contribution in [2.24, 2.45) is 0 Å². The maximum absolute atomic E-state index is 12.8. The number of anilines is 2. The third-order valence-electron chi connectivity index (χ3n) is 4.52. The number of aromatic nitrogens is 3. The van der Waals surface area contributed by atoms with Gasteiger partial charge in [-0.05, 0) is 37.3 Å². The van der Waals surface area contributed by atoms with Gasteiger partial charge in [0.25, 0.3) is 11.8 Å². The smallest absolute Gasteiger partial charge is 0.278 e. The summed E-state index contributed by atoms with van der Waals surface area (Å²) in [5.74, 6) is -0.704. The quantitative estimate of drug-likeness (QED) is 0.395. The Morgan fingerprint density at radius 1 is 1.03 bits per heavy atom. The number of rotatable bonds is 6. The molecule has 0 saturated carbocycles. The number of nitrogens with zero attached hydrogens (tertiary/aromatic N) is 3.